The van der Waals surface area contributed by atoms with Crippen LogP contribution in [0.25, 0.3) is 99.3 Å². The first-order valence-electron chi connectivity index (χ1n) is 19.7. The quantitative estimate of drug-likeness (QED) is 0.131. The molecule has 1 aromatic heterocycles. The Labute approximate surface area is 327 Å². The van der Waals surface area contributed by atoms with Gasteiger partial charge in [-0.05, 0) is 143 Å². The second-order valence-corrected chi connectivity index (χ2v) is 16.1. The summed E-state index contributed by atoms with van der Waals surface area (Å²) in [5.74, 6) is 0. The molecule has 0 N–H and O–H groups in total. The topological polar surface area (TPSA) is 13.1 Å². The van der Waals surface area contributed by atoms with Crippen LogP contribution in [0.15, 0.2) is 168 Å². The van der Waals surface area contributed by atoms with Crippen molar-refractivity contribution < 1.29 is 4.42 Å². The number of hydrogen-bond acceptors (Lipinski definition) is 1. The average molecular weight is 717 g/mol. The summed E-state index contributed by atoms with van der Waals surface area (Å²) in [6, 6.07) is 60.3. The van der Waals surface area contributed by atoms with Gasteiger partial charge in [0.05, 0.1) is 0 Å². The maximum atomic E-state index is 6.29. The Balaban J connectivity index is 1.01. The van der Waals surface area contributed by atoms with Gasteiger partial charge in [-0.15, -0.1) is 0 Å². The SMILES string of the molecule is C/C(=C\c1ccc(-c2c3ccccc3c(-c3ccccc3)c3ccccc23)cc1C)c1ccc2c(c1)-c1cc3c(ccc4oc5ccccc5c43)cc1C2(C)C. The van der Waals surface area contributed by atoms with Crippen molar-refractivity contribution in [2.24, 2.45) is 0 Å². The molecule has 9 aromatic carbocycles. The number of fused-ring (bicyclic) bond motifs is 10. The molecule has 0 spiro atoms. The van der Waals surface area contributed by atoms with E-state index in [0.29, 0.717) is 0 Å². The number of benzene rings is 9. The van der Waals surface area contributed by atoms with Gasteiger partial charge in [0.1, 0.15) is 11.2 Å². The van der Waals surface area contributed by atoms with Gasteiger partial charge in [0.25, 0.3) is 0 Å². The first kappa shape index (κ1) is 32.7. The summed E-state index contributed by atoms with van der Waals surface area (Å²) in [5.41, 5.74) is 17.3. The molecule has 56 heavy (non-hydrogen) atoms. The molecule has 10 aromatic rings. The highest BCUT2D eigenvalue weighted by molar-refractivity contribution is 6.22. The van der Waals surface area contributed by atoms with Gasteiger partial charge in [-0.3, -0.25) is 0 Å². The third-order valence-electron chi connectivity index (χ3n) is 12.5. The minimum atomic E-state index is -0.0948. The fourth-order valence-corrected chi connectivity index (χ4v) is 9.70. The lowest BCUT2D eigenvalue weighted by Crippen LogP contribution is -2.14. The zero-order chi connectivity index (χ0) is 37.7. The van der Waals surface area contributed by atoms with Crippen molar-refractivity contribution in [3.63, 3.8) is 0 Å². The van der Waals surface area contributed by atoms with E-state index in [0.717, 1.165) is 11.2 Å². The average Bonchev–Trinajstić information content (AvgIpc) is 3.72. The molecule has 11 rings (SSSR count). The first-order chi connectivity index (χ1) is 27.3. The lowest BCUT2D eigenvalue weighted by molar-refractivity contribution is 0.661. The molecule has 0 saturated heterocycles. The van der Waals surface area contributed by atoms with Crippen molar-refractivity contribution in [3.05, 3.63) is 192 Å². The zero-order valence-corrected chi connectivity index (χ0v) is 32.1. The van der Waals surface area contributed by atoms with Crippen LogP contribution in [0, 0.1) is 6.92 Å². The van der Waals surface area contributed by atoms with E-state index in [1.54, 1.807) is 0 Å². The second-order valence-electron chi connectivity index (χ2n) is 16.1. The van der Waals surface area contributed by atoms with E-state index in [1.807, 2.05) is 6.07 Å². The van der Waals surface area contributed by atoms with Crippen LogP contribution in [0.1, 0.15) is 48.6 Å². The summed E-state index contributed by atoms with van der Waals surface area (Å²) in [4.78, 5) is 0. The Morgan fingerprint density at radius 1 is 0.500 bits per heavy atom. The molecule has 1 aliphatic rings. The minimum Gasteiger partial charge on any atom is -0.456 e. The van der Waals surface area contributed by atoms with E-state index in [1.165, 1.54) is 110 Å². The molecule has 0 saturated carbocycles. The van der Waals surface area contributed by atoms with Gasteiger partial charge in [-0.25, -0.2) is 0 Å². The lowest BCUT2D eigenvalue weighted by atomic mass is 9.81. The van der Waals surface area contributed by atoms with Gasteiger partial charge in [-0.1, -0.05) is 153 Å². The number of allylic oxidation sites excluding steroid dienone is 1. The van der Waals surface area contributed by atoms with Gasteiger partial charge in [0, 0.05) is 16.2 Å². The van der Waals surface area contributed by atoms with E-state index in [9.17, 15) is 0 Å². The fraction of sp³-hybridized carbons (Fsp3) is 0.0909. The number of hydrogen-bond donors (Lipinski definition) is 0. The monoisotopic (exact) mass is 716 g/mol. The molecule has 1 aliphatic carbocycles. The molecule has 0 amide bonds. The predicted molar refractivity (Wildman–Crippen MR) is 239 cm³/mol. The van der Waals surface area contributed by atoms with Crippen molar-refractivity contribution in [1.82, 2.24) is 0 Å². The normalized spacial score (nSPS) is 13.6. The van der Waals surface area contributed by atoms with Crippen LogP contribution < -0.4 is 0 Å². The van der Waals surface area contributed by atoms with Gasteiger partial charge < -0.3 is 4.42 Å². The Kier molecular flexibility index (Phi) is 7.10. The largest absolute Gasteiger partial charge is 0.456 e. The number of para-hydroxylation sites is 1. The van der Waals surface area contributed by atoms with E-state index < -0.39 is 0 Å². The minimum absolute atomic E-state index is 0.0948. The van der Waals surface area contributed by atoms with Crippen LogP contribution in [0.3, 0.4) is 0 Å². The van der Waals surface area contributed by atoms with E-state index >= 15 is 0 Å². The van der Waals surface area contributed by atoms with Crippen LogP contribution in [0.2, 0.25) is 0 Å². The maximum absolute atomic E-state index is 6.29. The summed E-state index contributed by atoms with van der Waals surface area (Å²) < 4.78 is 6.29. The molecular weight excluding hydrogens is 677 g/mol. The maximum Gasteiger partial charge on any atom is 0.136 e. The third kappa shape index (κ3) is 4.80. The van der Waals surface area contributed by atoms with Gasteiger partial charge in [0.15, 0.2) is 0 Å². The van der Waals surface area contributed by atoms with E-state index in [-0.39, 0.29) is 5.41 Å². The summed E-state index contributed by atoms with van der Waals surface area (Å²) in [6.07, 6.45) is 2.36. The molecule has 0 radical (unpaired) electrons. The molecule has 0 fully saturated rings. The molecular formula is C55H40O. The number of rotatable bonds is 4. The highest BCUT2D eigenvalue weighted by atomic mass is 16.3. The lowest BCUT2D eigenvalue weighted by Gasteiger charge is -2.22. The highest BCUT2D eigenvalue weighted by Crippen LogP contribution is 2.52. The Morgan fingerprint density at radius 3 is 1.82 bits per heavy atom. The van der Waals surface area contributed by atoms with Crippen molar-refractivity contribution in [3.8, 4) is 33.4 Å². The highest BCUT2D eigenvalue weighted by Gasteiger charge is 2.36. The summed E-state index contributed by atoms with van der Waals surface area (Å²) >= 11 is 0. The molecule has 1 nitrogen and oxygen atoms in total. The molecule has 266 valence electrons. The predicted octanol–water partition coefficient (Wildman–Crippen LogP) is 15.6. The van der Waals surface area contributed by atoms with Gasteiger partial charge in [0.2, 0.25) is 0 Å². The van der Waals surface area contributed by atoms with Crippen molar-refractivity contribution in [1.29, 1.82) is 0 Å². The zero-order valence-electron chi connectivity index (χ0n) is 32.1. The molecule has 0 atom stereocenters. The molecule has 1 heteroatoms. The smallest absolute Gasteiger partial charge is 0.136 e. The van der Waals surface area contributed by atoms with Gasteiger partial charge in [-0.2, -0.15) is 0 Å². The molecule has 0 bridgehead atoms. The number of furan rings is 1. The summed E-state index contributed by atoms with van der Waals surface area (Å²) in [7, 11) is 0. The van der Waals surface area contributed by atoms with Crippen LogP contribution >= 0.6 is 0 Å². The van der Waals surface area contributed by atoms with E-state index in [2.05, 4.69) is 191 Å². The Morgan fingerprint density at radius 2 is 1.12 bits per heavy atom. The van der Waals surface area contributed by atoms with Crippen molar-refractivity contribution in [2.75, 3.05) is 0 Å². The first-order valence-corrected chi connectivity index (χ1v) is 19.7. The molecule has 0 unspecified atom stereocenters. The van der Waals surface area contributed by atoms with Crippen LogP contribution in [-0.2, 0) is 5.41 Å². The Bertz CT molecular complexity index is 3220. The van der Waals surface area contributed by atoms with Crippen molar-refractivity contribution >= 4 is 65.9 Å². The molecule has 1 heterocycles. The van der Waals surface area contributed by atoms with Crippen LogP contribution in [0.4, 0.5) is 0 Å². The second kappa shape index (κ2) is 12.2. The van der Waals surface area contributed by atoms with Crippen LogP contribution in [-0.4, -0.2) is 0 Å². The molecule has 0 aliphatic heterocycles. The fourth-order valence-electron chi connectivity index (χ4n) is 9.70. The summed E-state index contributed by atoms with van der Waals surface area (Å²) in [5, 5.41) is 9.99. The standard InChI is InChI=1S/C55H40O/c1-33(37-24-26-48-46(30-37)47-32-45-38(31-49(47)55(48,3)4)25-27-51-54(45)44-20-12-13-21-50(44)56-51)28-36-22-23-39(29-34(36)2)53-42-18-10-8-16-40(42)52(35-14-6-5-7-15-35)41-17-9-11-19-43(41)53/h5-32H,1-4H3/b33-28+. The number of aryl methyl sites for hydroxylation is 1. The third-order valence-corrected chi connectivity index (χ3v) is 12.5. The van der Waals surface area contributed by atoms with Gasteiger partial charge >= 0.3 is 0 Å². The van der Waals surface area contributed by atoms with Crippen molar-refractivity contribution in [2.45, 2.75) is 33.1 Å². The van der Waals surface area contributed by atoms with E-state index in [4.69, 9.17) is 4.42 Å². The Hall–Kier alpha value is -6.70. The van der Waals surface area contributed by atoms with Crippen LogP contribution in [0.5, 0.6) is 0 Å². The summed E-state index contributed by atoms with van der Waals surface area (Å²) in [6.45, 7) is 9.23.